The summed E-state index contributed by atoms with van der Waals surface area (Å²) in [7, 11) is 1.79. The standard InChI is InChI=1S/C14H18N2O2S2/c1-5-14(2)6-8-9(7-18-14)20-11-10(8)12(17)16(3)13(15-11)19-4/h5-7H2,1-4H3/t14-/m0/s1. The molecule has 0 aromatic carbocycles. The van der Waals surface area contributed by atoms with E-state index in [0.29, 0.717) is 6.61 Å². The molecule has 6 heteroatoms. The SMILES string of the molecule is CC[C@@]1(C)Cc2c(sc3nc(SC)n(C)c(=O)c23)CO1. The molecule has 0 amide bonds. The molecule has 1 atom stereocenters. The highest BCUT2D eigenvalue weighted by atomic mass is 32.2. The lowest BCUT2D eigenvalue weighted by Gasteiger charge is -2.32. The summed E-state index contributed by atoms with van der Waals surface area (Å²) in [5.41, 5.74) is 1.06. The fraction of sp³-hybridized carbons (Fsp3) is 0.571. The highest BCUT2D eigenvalue weighted by molar-refractivity contribution is 7.98. The second kappa shape index (κ2) is 4.86. The van der Waals surface area contributed by atoms with Crippen molar-refractivity contribution in [2.24, 2.45) is 7.05 Å². The van der Waals surface area contributed by atoms with Gasteiger partial charge in [0.2, 0.25) is 0 Å². The molecule has 1 aliphatic heterocycles. The minimum atomic E-state index is -0.163. The van der Waals surface area contributed by atoms with E-state index in [1.165, 1.54) is 11.8 Å². The van der Waals surface area contributed by atoms with E-state index in [1.54, 1.807) is 23.0 Å². The third-order valence-electron chi connectivity index (χ3n) is 4.11. The lowest BCUT2D eigenvalue weighted by molar-refractivity contribution is -0.0543. The third kappa shape index (κ3) is 2.01. The minimum Gasteiger partial charge on any atom is -0.369 e. The molecular formula is C14H18N2O2S2. The molecule has 3 heterocycles. The van der Waals surface area contributed by atoms with Gasteiger partial charge in [0.15, 0.2) is 5.16 Å². The Morgan fingerprint density at radius 2 is 2.30 bits per heavy atom. The van der Waals surface area contributed by atoms with E-state index in [9.17, 15) is 4.79 Å². The summed E-state index contributed by atoms with van der Waals surface area (Å²) >= 11 is 3.10. The molecule has 0 N–H and O–H groups in total. The average molecular weight is 310 g/mol. The Kier molecular flexibility index (Phi) is 3.43. The van der Waals surface area contributed by atoms with Crippen molar-refractivity contribution in [3.63, 3.8) is 0 Å². The van der Waals surface area contributed by atoms with E-state index < -0.39 is 0 Å². The van der Waals surface area contributed by atoms with Crippen molar-refractivity contribution in [1.29, 1.82) is 0 Å². The second-order valence-electron chi connectivity index (χ2n) is 5.42. The van der Waals surface area contributed by atoms with Gasteiger partial charge in [-0.2, -0.15) is 0 Å². The maximum atomic E-state index is 12.6. The number of nitrogens with zero attached hydrogens (tertiary/aromatic N) is 2. The van der Waals surface area contributed by atoms with Crippen LogP contribution in [0, 0.1) is 0 Å². The molecule has 20 heavy (non-hydrogen) atoms. The Hall–Kier alpha value is -0.850. The number of hydrogen-bond donors (Lipinski definition) is 0. The molecule has 0 saturated heterocycles. The summed E-state index contributed by atoms with van der Waals surface area (Å²) in [6, 6.07) is 0. The topological polar surface area (TPSA) is 44.1 Å². The molecular weight excluding hydrogens is 292 g/mol. The molecule has 108 valence electrons. The molecule has 2 aromatic rings. The predicted molar refractivity (Wildman–Crippen MR) is 83.8 cm³/mol. The maximum Gasteiger partial charge on any atom is 0.262 e. The first kappa shape index (κ1) is 14.1. The number of thiophene rings is 1. The molecule has 3 rings (SSSR count). The third-order valence-corrected chi connectivity index (χ3v) is 5.94. The first-order valence-electron chi connectivity index (χ1n) is 6.68. The van der Waals surface area contributed by atoms with Gasteiger partial charge >= 0.3 is 0 Å². The number of aromatic nitrogens is 2. The minimum absolute atomic E-state index is 0.0669. The highest BCUT2D eigenvalue weighted by Gasteiger charge is 2.33. The zero-order valence-corrected chi connectivity index (χ0v) is 13.8. The van der Waals surface area contributed by atoms with Crippen LogP contribution in [0.25, 0.3) is 10.2 Å². The van der Waals surface area contributed by atoms with Crippen LogP contribution in [0.3, 0.4) is 0 Å². The Bertz CT molecular complexity index is 735. The van der Waals surface area contributed by atoms with Crippen molar-refractivity contribution < 1.29 is 4.74 Å². The monoisotopic (exact) mass is 310 g/mol. The first-order valence-corrected chi connectivity index (χ1v) is 8.72. The second-order valence-corrected chi connectivity index (χ2v) is 7.27. The normalized spacial score (nSPS) is 22.2. The lowest BCUT2D eigenvalue weighted by Crippen LogP contribution is -2.34. The van der Waals surface area contributed by atoms with Gasteiger partial charge in [-0.3, -0.25) is 9.36 Å². The lowest BCUT2D eigenvalue weighted by atomic mass is 9.90. The van der Waals surface area contributed by atoms with Crippen molar-refractivity contribution in [3.05, 3.63) is 20.8 Å². The summed E-state index contributed by atoms with van der Waals surface area (Å²) in [6.45, 7) is 4.84. The van der Waals surface area contributed by atoms with Gasteiger partial charge in [-0.15, -0.1) is 11.3 Å². The average Bonchev–Trinajstić information content (AvgIpc) is 2.80. The van der Waals surface area contributed by atoms with E-state index >= 15 is 0 Å². The van der Waals surface area contributed by atoms with Gasteiger partial charge in [0.1, 0.15) is 4.83 Å². The maximum absolute atomic E-state index is 12.6. The molecule has 1 aliphatic rings. The summed E-state index contributed by atoms with van der Waals surface area (Å²) in [5, 5.41) is 1.56. The van der Waals surface area contributed by atoms with Crippen LogP contribution in [0.5, 0.6) is 0 Å². The van der Waals surface area contributed by atoms with E-state index in [2.05, 4.69) is 18.8 Å². The van der Waals surface area contributed by atoms with Gasteiger partial charge in [-0.05, 0) is 25.2 Å². The van der Waals surface area contributed by atoms with E-state index in [0.717, 1.165) is 38.7 Å². The highest BCUT2D eigenvalue weighted by Crippen LogP contribution is 2.38. The van der Waals surface area contributed by atoms with Crippen LogP contribution < -0.4 is 5.56 Å². The Morgan fingerprint density at radius 1 is 1.55 bits per heavy atom. The van der Waals surface area contributed by atoms with Crippen molar-refractivity contribution >= 4 is 33.3 Å². The molecule has 2 aromatic heterocycles. The summed E-state index contributed by atoms with van der Waals surface area (Å²) < 4.78 is 7.62. The molecule has 0 saturated carbocycles. The number of ether oxygens (including phenoxy) is 1. The fourth-order valence-electron chi connectivity index (χ4n) is 2.59. The summed E-state index contributed by atoms with van der Waals surface area (Å²) in [6.07, 6.45) is 3.69. The summed E-state index contributed by atoms with van der Waals surface area (Å²) in [4.78, 5) is 19.3. The molecule has 4 nitrogen and oxygen atoms in total. The number of thioether (sulfide) groups is 1. The fourth-order valence-corrected chi connectivity index (χ4v) is 4.28. The van der Waals surface area contributed by atoms with Gasteiger partial charge in [0, 0.05) is 18.3 Å². The van der Waals surface area contributed by atoms with Crippen molar-refractivity contribution in [1.82, 2.24) is 9.55 Å². The Morgan fingerprint density at radius 3 is 2.95 bits per heavy atom. The van der Waals surface area contributed by atoms with Crippen molar-refractivity contribution in [2.45, 2.75) is 44.1 Å². The summed E-state index contributed by atoms with van der Waals surface area (Å²) in [5.74, 6) is 0. The van der Waals surface area contributed by atoms with Crippen molar-refractivity contribution in [2.75, 3.05) is 6.26 Å². The van der Waals surface area contributed by atoms with E-state index in [4.69, 9.17) is 4.74 Å². The zero-order chi connectivity index (χ0) is 14.5. The zero-order valence-electron chi connectivity index (χ0n) is 12.1. The van der Waals surface area contributed by atoms with Crippen LogP contribution in [0.2, 0.25) is 0 Å². The quantitative estimate of drug-likeness (QED) is 0.632. The molecule has 0 spiro atoms. The largest absolute Gasteiger partial charge is 0.369 e. The molecule has 0 fully saturated rings. The van der Waals surface area contributed by atoms with Crippen LogP contribution in [0.1, 0.15) is 30.7 Å². The number of rotatable bonds is 2. The van der Waals surface area contributed by atoms with Crippen LogP contribution in [-0.2, 0) is 24.8 Å². The predicted octanol–water partition coefficient (Wildman–Crippen LogP) is 2.96. The van der Waals surface area contributed by atoms with Gasteiger partial charge in [-0.25, -0.2) is 4.98 Å². The smallest absolute Gasteiger partial charge is 0.262 e. The van der Waals surface area contributed by atoms with Gasteiger partial charge in [0.05, 0.1) is 17.6 Å². The molecule has 0 bridgehead atoms. The van der Waals surface area contributed by atoms with Gasteiger partial charge < -0.3 is 4.74 Å². The molecule has 0 unspecified atom stereocenters. The van der Waals surface area contributed by atoms with Crippen LogP contribution in [0.4, 0.5) is 0 Å². The van der Waals surface area contributed by atoms with Crippen LogP contribution in [0.15, 0.2) is 9.95 Å². The van der Waals surface area contributed by atoms with Gasteiger partial charge in [-0.1, -0.05) is 18.7 Å². The first-order chi connectivity index (χ1) is 9.49. The Labute approximate surface area is 126 Å². The molecule has 0 radical (unpaired) electrons. The van der Waals surface area contributed by atoms with Crippen LogP contribution in [-0.4, -0.2) is 21.4 Å². The number of hydrogen-bond acceptors (Lipinski definition) is 5. The molecule has 0 aliphatic carbocycles. The Balaban J connectivity index is 2.27. The van der Waals surface area contributed by atoms with Crippen molar-refractivity contribution in [3.8, 4) is 0 Å². The van der Waals surface area contributed by atoms with E-state index in [-0.39, 0.29) is 11.2 Å². The van der Waals surface area contributed by atoms with Crippen LogP contribution >= 0.6 is 23.1 Å². The number of fused-ring (bicyclic) bond motifs is 3. The van der Waals surface area contributed by atoms with E-state index in [1.807, 2.05) is 6.26 Å². The van der Waals surface area contributed by atoms with Gasteiger partial charge in [0.25, 0.3) is 5.56 Å².